The third kappa shape index (κ3) is 5.91. The molecule has 1 aliphatic rings. The van der Waals surface area contributed by atoms with Gasteiger partial charge in [0.25, 0.3) is 0 Å². The first kappa shape index (κ1) is 24.9. The van der Waals surface area contributed by atoms with E-state index in [2.05, 4.69) is 4.98 Å². The van der Waals surface area contributed by atoms with Crippen LogP contribution in [0.5, 0.6) is 5.75 Å². The number of ether oxygens (including phenoxy) is 1. The summed E-state index contributed by atoms with van der Waals surface area (Å²) in [5, 5.41) is 0. The molecule has 0 N–H and O–H groups in total. The van der Waals surface area contributed by atoms with Crippen LogP contribution in [0.2, 0.25) is 0 Å². The van der Waals surface area contributed by atoms with Crippen LogP contribution in [0.4, 0.5) is 13.2 Å². The minimum Gasteiger partial charge on any atom is -0.489 e. The van der Waals surface area contributed by atoms with Crippen molar-refractivity contribution in [3.8, 4) is 5.75 Å². The third-order valence-electron chi connectivity index (χ3n) is 5.86. The number of imidazole rings is 1. The topological polar surface area (TPSA) is 81.5 Å². The second-order valence-electron chi connectivity index (χ2n) is 8.27. The van der Waals surface area contributed by atoms with Crippen LogP contribution in [0.3, 0.4) is 0 Å². The average Bonchev–Trinajstić information content (AvgIpc) is 3.54. The van der Waals surface area contributed by atoms with Crippen LogP contribution in [-0.2, 0) is 34.2 Å². The van der Waals surface area contributed by atoms with E-state index in [-0.39, 0.29) is 25.4 Å². The van der Waals surface area contributed by atoms with Gasteiger partial charge in [-0.3, -0.25) is 4.79 Å². The van der Waals surface area contributed by atoms with Crippen LogP contribution in [0, 0.1) is 0 Å². The Morgan fingerprint density at radius 2 is 1.89 bits per heavy atom. The van der Waals surface area contributed by atoms with Crippen molar-refractivity contribution >= 4 is 16.0 Å². The molecule has 0 amide bonds. The van der Waals surface area contributed by atoms with Gasteiger partial charge in [0.15, 0.2) is 5.78 Å². The van der Waals surface area contributed by atoms with Gasteiger partial charge in [0.1, 0.15) is 18.7 Å². The van der Waals surface area contributed by atoms with Gasteiger partial charge in [0, 0.05) is 25.4 Å². The highest BCUT2D eigenvalue weighted by Crippen LogP contribution is 2.29. The molecule has 0 bridgehead atoms. The van der Waals surface area contributed by atoms with Crippen molar-refractivity contribution in [3.05, 3.63) is 83.9 Å². The van der Waals surface area contributed by atoms with Gasteiger partial charge in [-0.25, -0.2) is 8.96 Å². The van der Waals surface area contributed by atoms with Gasteiger partial charge in [-0.2, -0.15) is 25.9 Å². The lowest BCUT2D eigenvalue weighted by Gasteiger charge is -2.23. The van der Waals surface area contributed by atoms with Gasteiger partial charge in [0.05, 0.1) is 11.6 Å². The highest BCUT2D eigenvalue weighted by molar-refractivity contribution is 7.87. The standard InChI is InChI=1S/C24H24F3N3O4S/c25-24(26,27)20-9-6-19(7-10-20)16-34-21-4-1-3-18(15-21)8-11-23(31)22-5-2-13-30(22)35(32,33)29-14-12-28-17-29/h1,3-4,6-7,9-10,12,14-15,17,22H,2,5,8,11,13,16H2/t22-/m0/s1. The molecule has 3 aromatic rings. The summed E-state index contributed by atoms with van der Waals surface area (Å²) in [6.45, 7) is 0.383. The average molecular weight is 508 g/mol. The summed E-state index contributed by atoms with van der Waals surface area (Å²) in [5.41, 5.74) is 0.718. The zero-order valence-corrected chi connectivity index (χ0v) is 19.5. The first-order chi connectivity index (χ1) is 16.6. The molecular weight excluding hydrogens is 483 g/mol. The molecule has 0 unspecified atom stereocenters. The van der Waals surface area contributed by atoms with E-state index in [0.717, 1.165) is 21.7 Å². The van der Waals surface area contributed by atoms with Crippen LogP contribution < -0.4 is 4.74 Å². The first-order valence-corrected chi connectivity index (χ1v) is 12.5. The van der Waals surface area contributed by atoms with Gasteiger partial charge < -0.3 is 4.74 Å². The number of Topliss-reactive ketones (excluding diaryl/α,β-unsaturated/α-hetero) is 1. The molecule has 35 heavy (non-hydrogen) atoms. The number of nitrogens with zero attached hydrogens (tertiary/aromatic N) is 3. The number of carbonyl (C=O) groups excluding carboxylic acids is 1. The molecule has 2 aromatic carbocycles. The van der Waals surface area contributed by atoms with Crippen LogP contribution >= 0.6 is 0 Å². The fraction of sp³-hybridized carbons (Fsp3) is 0.333. The van der Waals surface area contributed by atoms with E-state index in [0.29, 0.717) is 30.6 Å². The maximum atomic E-state index is 12.9. The molecule has 7 nitrogen and oxygen atoms in total. The number of hydrogen-bond donors (Lipinski definition) is 0. The van der Waals surface area contributed by atoms with E-state index >= 15 is 0 Å². The Hall–Kier alpha value is -3.18. The van der Waals surface area contributed by atoms with Gasteiger partial charge >= 0.3 is 16.4 Å². The molecule has 0 saturated carbocycles. The minimum absolute atomic E-state index is 0.101. The molecule has 1 atom stereocenters. The van der Waals surface area contributed by atoms with Gasteiger partial charge in [-0.15, -0.1) is 0 Å². The number of halogens is 3. The number of hydrogen-bond acceptors (Lipinski definition) is 5. The Morgan fingerprint density at radius 3 is 2.57 bits per heavy atom. The minimum atomic E-state index is -4.38. The van der Waals surface area contributed by atoms with Crippen molar-refractivity contribution in [2.45, 2.75) is 44.5 Å². The molecule has 1 aliphatic heterocycles. The second kappa shape index (κ2) is 10.2. The summed E-state index contributed by atoms with van der Waals surface area (Å²) in [4.78, 5) is 16.7. The van der Waals surface area contributed by atoms with E-state index in [9.17, 15) is 26.4 Å². The van der Waals surface area contributed by atoms with E-state index in [1.54, 1.807) is 18.2 Å². The summed E-state index contributed by atoms with van der Waals surface area (Å²) < 4.78 is 71.7. The van der Waals surface area contributed by atoms with Crippen LogP contribution in [-0.4, -0.2) is 40.0 Å². The second-order valence-corrected chi connectivity index (χ2v) is 10.1. The number of rotatable bonds is 9. The molecule has 1 saturated heterocycles. The fourth-order valence-electron chi connectivity index (χ4n) is 4.02. The molecule has 0 radical (unpaired) electrons. The van der Waals surface area contributed by atoms with E-state index in [4.69, 9.17) is 4.74 Å². The zero-order chi connectivity index (χ0) is 25.1. The Labute approximate surface area is 201 Å². The number of alkyl halides is 3. The largest absolute Gasteiger partial charge is 0.489 e. The fourth-order valence-corrected chi connectivity index (χ4v) is 5.55. The van der Waals surface area contributed by atoms with Crippen molar-refractivity contribution in [3.63, 3.8) is 0 Å². The van der Waals surface area contributed by atoms with E-state index in [1.165, 1.54) is 35.2 Å². The molecule has 186 valence electrons. The van der Waals surface area contributed by atoms with Gasteiger partial charge in [-0.05, 0) is 54.7 Å². The first-order valence-electron chi connectivity index (χ1n) is 11.1. The van der Waals surface area contributed by atoms with E-state index < -0.39 is 28.0 Å². The predicted octanol–water partition coefficient (Wildman–Crippen LogP) is 4.24. The molecule has 1 aromatic heterocycles. The number of aromatic nitrogens is 2. The Kier molecular flexibility index (Phi) is 7.27. The maximum Gasteiger partial charge on any atom is 0.416 e. The number of carbonyl (C=O) groups is 1. The summed E-state index contributed by atoms with van der Waals surface area (Å²) >= 11 is 0. The normalized spacial score (nSPS) is 16.9. The summed E-state index contributed by atoms with van der Waals surface area (Å²) in [7, 11) is -3.84. The van der Waals surface area contributed by atoms with Crippen LogP contribution in [0.15, 0.2) is 67.3 Å². The van der Waals surface area contributed by atoms with Gasteiger partial charge in [0.2, 0.25) is 0 Å². The predicted molar refractivity (Wildman–Crippen MR) is 122 cm³/mol. The van der Waals surface area contributed by atoms with Crippen molar-refractivity contribution in [1.82, 2.24) is 13.3 Å². The van der Waals surface area contributed by atoms with E-state index in [1.807, 2.05) is 6.07 Å². The molecule has 1 fully saturated rings. The van der Waals surface area contributed by atoms with Crippen molar-refractivity contribution < 1.29 is 31.1 Å². The van der Waals surface area contributed by atoms with Gasteiger partial charge in [-0.1, -0.05) is 24.3 Å². The molecule has 4 rings (SSSR count). The number of ketones is 1. The maximum absolute atomic E-state index is 12.9. The van der Waals surface area contributed by atoms with Crippen molar-refractivity contribution in [2.24, 2.45) is 0 Å². The van der Waals surface area contributed by atoms with Crippen molar-refractivity contribution in [1.29, 1.82) is 0 Å². The Bertz CT molecular complexity index is 1260. The van der Waals surface area contributed by atoms with Crippen LogP contribution in [0.1, 0.15) is 36.0 Å². The summed E-state index contributed by atoms with van der Waals surface area (Å²) in [5.74, 6) is 0.377. The summed E-state index contributed by atoms with van der Waals surface area (Å²) in [6, 6.07) is 11.2. The molecule has 11 heteroatoms. The number of benzene rings is 2. The SMILES string of the molecule is O=C(CCc1cccc(OCc2ccc(C(F)(F)F)cc2)c1)[C@@H]1CCCN1S(=O)(=O)n1ccnc1. The lowest BCUT2D eigenvalue weighted by Crippen LogP contribution is -2.43. The Balaban J connectivity index is 1.33. The monoisotopic (exact) mass is 507 g/mol. The van der Waals surface area contributed by atoms with Crippen molar-refractivity contribution in [2.75, 3.05) is 6.54 Å². The molecule has 0 aliphatic carbocycles. The van der Waals surface area contributed by atoms with Crippen LogP contribution in [0.25, 0.3) is 0 Å². The third-order valence-corrected chi connectivity index (χ3v) is 7.64. The zero-order valence-electron chi connectivity index (χ0n) is 18.7. The summed E-state index contributed by atoms with van der Waals surface area (Å²) in [6.07, 6.45) is 1.19. The molecule has 2 heterocycles. The quantitative estimate of drug-likeness (QED) is 0.433. The lowest BCUT2D eigenvalue weighted by atomic mass is 10.0. The smallest absolute Gasteiger partial charge is 0.416 e. The highest BCUT2D eigenvalue weighted by atomic mass is 32.2. The highest BCUT2D eigenvalue weighted by Gasteiger charge is 2.38. The number of aryl methyl sites for hydroxylation is 1. The Morgan fingerprint density at radius 1 is 1.11 bits per heavy atom. The molecule has 0 spiro atoms. The lowest BCUT2D eigenvalue weighted by molar-refractivity contribution is -0.137. The molecular formula is C24H24F3N3O4S.